The van der Waals surface area contributed by atoms with Crippen LogP contribution in [0.25, 0.3) is 0 Å². The molecular formula is C21H25F2NO3. The molecule has 1 N–H and O–H groups in total. The number of hydrogen-bond acceptors (Lipinski definition) is 4. The molecule has 0 aliphatic carbocycles. The van der Waals surface area contributed by atoms with Crippen LogP contribution >= 0.6 is 0 Å². The van der Waals surface area contributed by atoms with Gasteiger partial charge in [0.2, 0.25) is 0 Å². The van der Waals surface area contributed by atoms with Gasteiger partial charge in [-0.3, -0.25) is 4.84 Å². The average molecular weight is 377 g/mol. The van der Waals surface area contributed by atoms with E-state index in [9.17, 15) is 8.78 Å². The summed E-state index contributed by atoms with van der Waals surface area (Å²) in [6.45, 7) is 9.90. The van der Waals surface area contributed by atoms with Crippen molar-refractivity contribution in [1.29, 1.82) is 0 Å². The Labute approximate surface area is 158 Å². The fourth-order valence-corrected chi connectivity index (χ4v) is 3.70. The minimum atomic E-state index is -0.925. The van der Waals surface area contributed by atoms with Crippen molar-refractivity contribution >= 4 is 0 Å². The first-order chi connectivity index (χ1) is 12.9. The van der Waals surface area contributed by atoms with Crippen LogP contribution in [0, 0.1) is 5.92 Å². The molecule has 0 amide bonds. The second-order valence-corrected chi connectivity index (χ2v) is 7.09. The van der Waals surface area contributed by atoms with Crippen molar-refractivity contribution in [2.24, 2.45) is 5.92 Å². The molecule has 0 radical (unpaired) electrons. The maximum absolute atomic E-state index is 14.4. The minimum Gasteiger partial charge on any atom is -0.374 e. The van der Waals surface area contributed by atoms with Gasteiger partial charge < -0.3 is 9.47 Å². The van der Waals surface area contributed by atoms with E-state index in [-0.39, 0.29) is 30.3 Å². The lowest BCUT2D eigenvalue weighted by atomic mass is 9.73. The lowest BCUT2D eigenvalue weighted by Gasteiger charge is -2.42. The van der Waals surface area contributed by atoms with Gasteiger partial charge >= 0.3 is 0 Å². The summed E-state index contributed by atoms with van der Waals surface area (Å²) < 4.78 is 39.1. The van der Waals surface area contributed by atoms with Crippen LogP contribution in [0.15, 0.2) is 66.8 Å². The number of hydrogen-bond donors (Lipinski definition) is 1. The van der Waals surface area contributed by atoms with E-state index >= 15 is 0 Å². The predicted molar refractivity (Wildman–Crippen MR) is 98.9 cm³/mol. The van der Waals surface area contributed by atoms with Crippen molar-refractivity contribution in [3.05, 3.63) is 72.4 Å². The topological polar surface area (TPSA) is 39.7 Å². The van der Waals surface area contributed by atoms with Crippen LogP contribution in [-0.4, -0.2) is 31.0 Å². The molecule has 3 rings (SSSR count). The summed E-state index contributed by atoms with van der Waals surface area (Å²) in [6, 6.07) is 9.89. The molecule has 2 aliphatic heterocycles. The van der Waals surface area contributed by atoms with Crippen molar-refractivity contribution < 1.29 is 23.1 Å². The van der Waals surface area contributed by atoms with Crippen molar-refractivity contribution in [1.82, 2.24) is 5.48 Å². The maximum atomic E-state index is 14.4. The molecule has 4 nitrogen and oxygen atoms in total. The normalized spacial score (nSPS) is 30.8. The van der Waals surface area contributed by atoms with Gasteiger partial charge in [-0.15, -0.1) is 0 Å². The Kier molecular flexibility index (Phi) is 6.22. The quantitative estimate of drug-likeness (QED) is 0.724. The van der Waals surface area contributed by atoms with Crippen LogP contribution in [0.1, 0.15) is 18.9 Å². The summed E-state index contributed by atoms with van der Waals surface area (Å²) in [7, 11) is 0. The van der Waals surface area contributed by atoms with Crippen molar-refractivity contribution in [2.45, 2.75) is 37.7 Å². The van der Waals surface area contributed by atoms with Crippen LogP contribution in [0.3, 0.4) is 0 Å². The summed E-state index contributed by atoms with van der Waals surface area (Å²) in [6.07, 6.45) is 1.05. The number of ether oxygens (including phenoxy) is 2. The van der Waals surface area contributed by atoms with Gasteiger partial charge in [-0.05, 0) is 18.9 Å². The molecule has 6 heteroatoms. The fourth-order valence-electron chi connectivity index (χ4n) is 3.70. The summed E-state index contributed by atoms with van der Waals surface area (Å²) in [5, 5.41) is 0. The number of rotatable bonds is 7. The summed E-state index contributed by atoms with van der Waals surface area (Å²) >= 11 is 0. The van der Waals surface area contributed by atoms with E-state index in [2.05, 4.69) is 18.6 Å². The van der Waals surface area contributed by atoms with Gasteiger partial charge in [0.1, 0.15) is 11.7 Å². The van der Waals surface area contributed by atoms with Gasteiger partial charge in [-0.2, -0.15) is 5.48 Å². The van der Waals surface area contributed by atoms with Gasteiger partial charge in [0.25, 0.3) is 0 Å². The standard InChI is InChI=1S/C21H25F2NO3/c1-14(22)9-20(23)15(2)21-13-26-18(10-19(21)16(3)27-24-21)12-25-11-17-7-5-4-6-8-17/h4-9,16,18-19,24H,1-2,10-13H2,3H3. The maximum Gasteiger partial charge on any atom is 0.130 e. The summed E-state index contributed by atoms with van der Waals surface area (Å²) in [4.78, 5) is 5.56. The fraction of sp³-hybridized carbons (Fsp3) is 0.429. The highest BCUT2D eigenvalue weighted by Crippen LogP contribution is 2.44. The SMILES string of the molecule is C=C(F)C=C(F)C(=C)C12COC(COCc3ccccc3)CC1C(C)ON2. The second-order valence-electron chi connectivity index (χ2n) is 7.09. The zero-order chi connectivity index (χ0) is 19.4. The first kappa shape index (κ1) is 19.9. The van der Waals surface area contributed by atoms with Crippen LogP contribution in [-0.2, 0) is 20.9 Å². The smallest absolute Gasteiger partial charge is 0.130 e. The summed E-state index contributed by atoms with van der Waals surface area (Å²) in [5.74, 6) is -1.70. The van der Waals surface area contributed by atoms with Gasteiger partial charge in [0, 0.05) is 17.6 Å². The first-order valence-electron chi connectivity index (χ1n) is 9.00. The monoisotopic (exact) mass is 377 g/mol. The molecule has 1 aromatic carbocycles. The number of nitrogens with one attached hydrogen (secondary N) is 1. The number of allylic oxidation sites excluding steroid dienone is 2. The van der Waals surface area contributed by atoms with Crippen LogP contribution in [0.2, 0.25) is 0 Å². The molecule has 2 aliphatic rings. The van der Waals surface area contributed by atoms with E-state index in [0.29, 0.717) is 19.6 Å². The molecule has 146 valence electrons. The third kappa shape index (κ3) is 4.35. The predicted octanol–water partition coefficient (Wildman–Crippen LogP) is 4.16. The molecule has 2 saturated heterocycles. The lowest BCUT2D eigenvalue weighted by Crippen LogP contribution is -2.56. The molecule has 0 spiro atoms. The molecule has 0 aromatic heterocycles. The van der Waals surface area contributed by atoms with Gasteiger partial charge in [0.15, 0.2) is 0 Å². The highest BCUT2D eigenvalue weighted by Gasteiger charge is 2.54. The zero-order valence-corrected chi connectivity index (χ0v) is 15.4. The Morgan fingerprint density at radius 1 is 1.33 bits per heavy atom. The Balaban J connectivity index is 1.63. The van der Waals surface area contributed by atoms with E-state index < -0.39 is 17.2 Å². The Morgan fingerprint density at radius 3 is 2.78 bits per heavy atom. The van der Waals surface area contributed by atoms with Crippen molar-refractivity contribution in [3.8, 4) is 0 Å². The lowest BCUT2D eigenvalue weighted by molar-refractivity contribution is -0.0872. The minimum absolute atomic E-state index is 0.0731. The Hall–Kier alpha value is -1.86. The average Bonchev–Trinajstić information content (AvgIpc) is 2.99. The Morgan fingerprint density at radius 2 is 2.07 bits per heavy atom. The second kappa shape index (κ2) is 8.44. The summed E-state index contributed by atoms with van der Waals surface area (Å²) in [5.41, 5.74) is 3.16. The van der Waals surface area contributed by atoms with Crippen LogP contribution < -0.4 is 5.48 Å². The molecule has 2 fully saturated rings. The van der Waals surface area contributed by atoms with E-state index in [1.165, 1.54) is 0 Å². The molecule has 4 unspecified atom stereocenters. The van der Waals surface area contributed by atoms with E-state index in [0.717, 1.165) is 11.6 Å². The number of hydroxylamine groups is 1. The van der Waals surface area contributed by atoms with Gasteiger partial charge in [-0.1, -0.05) is 43.5 Å². The van der Waals surface area contributed by atoms with E-state index in [4.69, 9.17) is 14.3 Å². The zero-order valence-electron chi connectivity index (χ0n) is 15.4. The molecule has 0 saturated carbocycles. The molecule has 0 bridgehead atoms. The van der Waals surface area contributed by atoms with E-state index in [1.807, 2.05) is 37.3 Å². The molecule has 27 heavy (non-hydrogen) atoms. The highest BCUT2D eigenvalue weighted by atomic mass is 19.1. The van der Waals surface area contributed by atoms with Crippen LogP contribution in [0.5, 0.6) is 0 Å². The third-order valence-corrected chi connectivity index (χ3v) is 5.22. The third-order valence-electron chi connectivity index (χ3n) is 5.22. The first-order valence-corrected chi connectivity index (χ1v) is 9.00. The molecule has 1 aromatic rings. The highest BCUT2D eigenvalue weighted by molar-refractivity contribution is 5.39. The number of fused-ring (bicyclic) bond motifs is 1. The molecule has 4 atom stereocenters. The Bertz CT molecular complexity index is 721. The van der Waals surface area contributed by atoms with Crippen molar-refractivity contribution in [2.75, 3.05) is 13.2 Å². The van der Waals surface area contributed by atoms with E-state index in [1.54, 1.807) is 0 Å². The molecule has 2 heterocycles. The molecular weight excluding hydrogens is 352 g/mol. The number of benzene rings is 1. The van der Waals surface area contributed by atoms with Crippen molar-refractivity contribution in [3.63, 3.8) is 0 Å². The largest absolute Gasteiger partial charge is 0.374 e. The van der Waals surface area contributed by atoms with Gasteiger partial charge in [-0.25, -0.2) is 8.78 Å². The van der Waals surface area contributed by atoms with Crippen LogP contribution in [0.4, 0.5) is 8.78 Å². The number of halogens is 2. The van der Waals surface area contributed by atoms with Gasteiger partial charge in [0.05, 0.1) is 37.6 Å².